The van der Waals surface area contributed by atoms with Gasteiger partial charge in [0.2, 0.25) is 0 Å². The van der Waals surface area contributed by atoms with E-state index >= 15 is 0 Å². The number of ketones is 1. The fourth-order valence-corrected chi connectivity index (χ4v) is 1.37. The summed E-state index contributed by atoms with van der Waals surface area (Å²) in [5.41, 5.74) is 1.33. The average molecular weight is 213 g/mol. The minimum Gasteiger partial charge on any atom is -0.507 e. The molecule has 0 heterocycles. The fraction of sp³-hybridized carbons (Fsp3) is 0.364. The summed E-state index contributed by atoms with van der Waals surface area (Å²) in [6.07, 6.45) is 1.04. The van der Waals surface area contributed by atoms with Crippen molar-refractivity contribution in [1.82, 2.24) is 0 Å². The third kappa shape index (κ3) is 2.74. The number of alkyl halides is 1. The van der Waals surface area contributed by atoms with Crippen LogP contribution in [0.25, 0.3) is 0 Å². The van der Waals surface area contributed by atoms with Gasteiger partial charge in [-0.1, -0.05) is 6.07 Å². The quantitative estimate of drug-likeness (QED) is 0.616. The Balaban J connectivity index is 2.80. The highest BCUT2D eigenvalue weighted by atomic mass is 35.5. The maximum absolute atomic E-state index is 11.5. The van der Waals surface area contributed by atoms with Gasteiger partial charge in [-0.05, 0) is 31.0 Å². The summed E-state index contributed by atoms with van der Waals surface area (Å²) in [5, 5.41) is 9.51. The highest BCUT2D eigenvalue weighted by Gasteiger charge is 2.09. The molecule has 1 N–H and O–H groups in total. The Morgan fingerprint density at radius 1 is 1.50 bits per heavy atom. The number of hydrogen-bond donors (Lipinski definition) is 1. The lowest BCUT2D eigenvalue weighted by Gasteiger charge is -2.03. The Bertz CT molecular complexity index is 334. The molecule has 0 bridgehead atoms. The molecule has 0 aliphatic rings. The van der Waals surface area contributed by atoms with E-state index in [1.165, 1.54) is 0 Å². The van der Waals surface area contributed by atoms with Crippen molar-refractivity contribution in [1.29, 1.82) is 0 Å². The zero-order valence-corrected chi connectivity index (χ0v) is 8.84. The smallest absolute Gasteiger partial charge is 0.166 e. The Hall–Kier alpha value is -1.02. The summed E-state index contributed by atoms with van der Waals surface area (Å²) < 4.78 is 0. The van der Waals surface area contributed by atoms with E-state index in [2.05, 4.69) is 0 Å². The van der Waals surface area contributed by atoms with Crippen molar-refractivity contribution < 1.29 is 9.90 Å². The normalized spacial score (nSPS) is 10.1. The molecule has 76 valence electrons. The van der Waals surface area contributed by atoms with Gasteiger partial charge in [0.15, 0.2) is 5.78 Å². The number of benzene rings is 1. The largest absolute Gasteiger partial charge is 0.507 e. The van der Waals surface area contributed by atoms with Gasteiger partial charge in [-0.15, -0.1) is 11.6 Å². The van der Waals surface area contributed by atoms with Gasteiger partial charge in [0.05, 0.1) is 5.56 Å². The van der Waals surface area contributed by atoms with Gasteiger partial charge in [-0.2, -0.15) is 0 Å². The fourth-order valence-electron chi connectivity index (χ4n) is 1.24. The number of phenols is 1. The second-order valence-electron chi connectivity index (χ2n) is 3.24. The zero-order chi connectivity index (χ0) is 10.6. The topological polar surface area (TPSA) is 37.3 Å². The van der Waals surface area contributed by atoms with Gasteiger partial charge < -0.3 is 5.11 Å². The van der Waals surface area contributed by atoms with E-state index in [0.29, 0.717) is 24.3 Å². The van der Waals surface area contributed by atoms with Crippen LogP contribution >= 0.6 is 11.6 Å². The number of halogens is 1. The predicted molar refractivity (Wildman–Crippen MR) is 57.1 cm³/mol. The Kier molecular flexibility index (Phi) is 3.96. The van der Waals surface area contributed by atoms with E-state index in [1.54, 1.807) is 12.1 Å². The Labute approximate surface area is 88.5 Å². The van der Waals surface area contributed by atoms with Crippen LogP contribution in [0.2, 0.25) is 0 Å². The summed E-state index contributed by atoms with van der Waals surface area (Å²) in [4.78, 5) is 11.5. The van der Waals surface area contributed by atoms with E-state index in [4.69, 9.17) is 11.6 Å². The van der Waals surface area contributed by atoms with Crippen LogP contribution in [-0.4, -0.2) is 16.8 Å². The van der Waals surface area contributed by atoms with Crippen LogP contribution in [0.4, 0.5) is 0 Å². The number of aromatic hydroxyl groups is 1. The van der Waals surface area contributed by atoms with Gasteiger partial charge >= 0.3 is 0 Å². The predicted octanol–water partition coefficient (Wildman–Crippen LogP) is 2.90. The van der Waals surface area contributed by atoms with Crippen molar-refractivity contribution >= 4 is 17.4 Å². The standard InChI is InChI=1S/C11H13ClO2/c1-8-4-5-9(11(14)7-8)10(13)3-2-6-12/h4-5,7,14H,2-3,6H2,1H3. The van der Waals surface area contributed by atoms with Crippen molar-refractivity contribution in [3.05, 3.63) is 29.3 Å². The molecule has 0 amide bonds. The number of phenolic OH excluding ortho intramolecular Hbond substituents is 1. The molecule has 1 rings (SSSR count). The van der Waals surface area contributed by atoms with Crippen molar-refractivity contribution in [2.45, 2.75) is 19.8 Å². The zero-order valence-electron chi connectivity index (χ0n) is 8.09. The molecule has 3 heteroatoms. The van der Waals surface area contributed by atoms with E-state index < -0.39 is 0 Å². The summed E-state index contributed by atoms with van der Waals surface area (Å²) in [7, 11) is 0. The molecule has 0 atom stereocenters. The van der Waals surface area contributed by atoms with E-state index in [1.807, 2.05) is 13.0 Å². The van der Waals surface area contributed by atoms with Crippen molar-refractivity contribution in [2.24, 2.45) is 0 Å². The average Bonchev–Trinajstić information content (AvgIpc) is 2.14. The van der Waals surface area contributed by atoms with Crippen molar-refractivity contribution in [2.75, 3.05) is 5.88 Å². The van der Waals surface area contributed by atoms with Gasteiger partial charge in [0, 0.05) is 12.3 Å². The molecular weight excluding hydrogens is 200 g/mol. The third-order valence-corrected chi connectivity index (χ3v) is 2.26. The molecule has 1 aromatic carbocycles. The number of carbonyl (C=O) groups is 1. The number of hydrogen-bond acceptors (Lipinski definition) is 2. The Morgan fingerprint density at radius 3 is 2.79 bits per heavy atom. The highest BCUT2D eigenvalue weighted by Crippen LogP contribution is 2.20. The molecule has 0 aliphatic heterocycles. The first-order valence-corrected chi connectivity index (χ1v) is 5.07. The van der Waals surface area contributed by atoms with E-state index in [0.717, 1.165) is 5.56 Å². The number of rotatable bonds is 4. The maximum atomic E-state index is 11.5. The molecule has 1 aromatic rings. The molecular formula is C11H13ClO2. The van der Waals surface area contributed by atoms with Gasteiger partial charge in [0.25, 0.3) is 0 Å². The molecule has 0 unspecified atom stereocenters. The first kappa shape index (κ1) is 11.1. The molecule has 0 spiro atoms. The molecule has 0 fully saturated rings. The third-order valence-electron chi connectivity index (χ3n) is 1.99. The second kappa shape index (κ2) is 5.01. The molecule has 14 heavy (non-hydrogen) atoms. The van der Waals surface area contributed by atoms with Crippen LogP contribution in [0.1, 0.15) is 28.8 Å². The molecule has 2 nitrogen and oxygen atoms in total. The van der Waals surface area contributed by atoms with Gasteiger partial charge in [0.1, 0.15) is 5.75 Å². The number of aryl methyl sites for hydroxylation is 1. The van der Waals surface area contributed by atoms with Gasteiger partial charge in [-0.3, -0.25) is 4.79 Å². The summed E-state index contributed by atoms with van der Waals surface area (Å²) in [6, 6.07) is 5.06. The summed E-state index contributed by atoms with van der Waals surface area (Å²) in [6.45, 7) is 1.87. The number of carbonyl (C=O) groups excluding carboxylic acids is 1. The van der Waals surface area contributed by atoms with Crippen LogP contribution in [0.5, 0.6) is 5.75 Å². The molecule has 0 radical (unpaired) electrons. The Morgan fingerprint density at radius 2 is 2.21 bits per heavy atom. The molecule has 0 aliphatic carbocycles. The lowest BCUT2D eigenvalue weighted by Crippen LogP contribution is -1.99. The number of Topliss-reactive ketones (excluding diaryl/α,β-unsaturated/α-hetero) is 1. The molecule has 0 saturated heterocycles. The SMILES string of the molecule is Cc1ccc(C(=O)CCCCl)c(O)c1. The van der Waals surface area contributed by atoms with Crippen molar-refractivity contribution in [3.8, 4) is 5.75 Å². The molecule has 0 aromatic heterocycles. The van der Waals surface area contributed by atoms with Crippen LogP contribution < -0.4 is 0 Å². The van der Waals surface area contributed by atoms with E-state index in [9.17, 15) is 9.90 Å². The van der Waals surface area contributed by atoms with Crippen LogP contribution in [0.3, 0.4) is 0 Å². The summed E-state index contributed by atoms with van der Waals surface area (Å²) >= 11 is 5.48. The van der Waals surface area contributed by atoms with Crippen LogP contribution in [0.15, 0.2) is 18.2 Å². The first-order chi connectivity index (χ1) is 6.65. The minimum absolute atomic E-state index is 0.0526. The van der Waals surface area contributed by atoms with Gasteiger partial charge in [-0.25, -0.2) is 0 Å². The van der Waals surface area contributed by atoms with Crippen LogP contribution in [-0.2, 0) is 0 Å². The second-order valence-corrected chi connectivity index (χ2v) is 3.61. The minimum atomic E-state index is -0.0526. The lowest BCUT2D eigenvalue weighted by molar-refractivity contribution is 0.0979. The van der Waals surface area contributed by atoms with E-state index in [-0.39, 0.29) is 11.5 Å². The maximum Gasteiger partial charge on any atom is 0.166 e. The van der Waals surface area contributed by atoms with Crippen LogP contribution in [0, 0.1) is 6.92 Å². The lowest BCUT2D eigenvalue weighted by atomic mass is 10.0. The highest BCUT2D eigenvalue weighted by molar-refractivity contribution is 6.18. The first-order valence-electron chi connectivity index (χ1n) is 4.54. The monoisotopic (exact) mass is 212 g/mol. The molecule has 0 saturated carbocycles. The van der Waals surface area contributed by atoms with Crippen molar-refractivity contribution in [3.63, 3.8) is 0 Å². The summed E-state index contributed by atoms with van der Waals surface area (Å²) in [5.74, 6) is 0.478.